The molecule has 216 valence electrons. The summed E-state index contributed by atoms with van der Waals surface area (Å²) < 4.78 is 27.4. The Morgan fingerprint density at radius 1 is 1.10 bits per heavy atom. The Bertz CT molecular complexity index is 1560. The largest absolute Gasteiger partial charge is 0.493 e. The molecule has 4 rings (SSSR count). The predicted molar refractivity (Wildman–Crippen MR) is 160 cm³/mol. The second-order valence-electron chi connectivity index (χ2n) is 11.3. The minimum absolute atomic E-state index is 0.160. The Hall–Kier alpha value is -3.89. The highest BCUT2D eigenvalue weighted by Crippen LogP contribution is 2.32. The maximum atomic E-state index is 13.9. The van der Waals surface area contributed by atoms with Crippen molar-refractivity contribution in [1.82, 2.24) is 19.7 Å². The number of carbonyl (C=O) groups is 2. The average molecular weight is 577 g/mol. The third-order valence-electron chi connectivity index (χ3n) is 6.71. The molecule has 0 unspecified atom stereocenters. The van der Waals surface area contributed by atoms with Crippen molar-refractivity contribution < 1.29 is 23.5 Å². The Balaban J connectivity index is 1.61. The van der Waals surface area contributed by atoms with Gasteiger partial charge in [0, 0.05) is 63.5 Å². The third kappa shape index (κ3) is 7.25. The molecule has 0 aliphatic heterocycles. The molecule has 0 N–H and O–H groups in total. The van der Waals surface area contributed by atoms with Crippen LogP contribution in [0.15, 0.2) is 54.9 Å². The lowest BCUT2D eigenvalue weighted by Crippen LogP contribution is -2.27. The van der Waals surface area contributed by atoms with Gasteiger partial charge in [0.15, 0.2) is 5.78 Å². The zero-order valence-electron chi connectivity index (χ0n) is 24.5. The summed E-state index contributed by atoms with van der Waals surface area (Å²) in [6, 6.07) is 12.5. The number of amides is 1. The molecule has 41 heavy (non-hydrogen) atoms. The summed E-state index contributed by atoms with van der Waals surface area (Å²) in [6.07, 6.45) is 3.26. The van der Waals surface area contributed by atoms with Crippen molar-refractivity contribution in [2.45, 2.75) is 52.8 Å². The standard InChI is InChI=1S/C31H37FN4O4Si/c1-7-40-28-16-23(11-12-26(28)22-9-8-10-25(32)15-22)31(38)35(3)19-24-17-33-29(21(2)37)27-18-34-36(30(24)27)20-39-13-14-41(4,5)6/h8-12,15-18H,7,13-14,19-20H2,1-6H3. The fourth-order valence-electron chi connectivity index (χ4n) is 4.57. The smallest absolute Gasteiger partial charge is 0.254 e. The van der Waals surface area contributed by atoms with Gasteiger partial charge in [0.05, 0.1) is 18.3 Å². The van der Waals surface area contributed by atoms with E-state index in [1.165, 1.54) is 19.1 Å². The van der Waals surface area contributed by atoms with Gasteiger partial charge in [-0.2, -0.15) is 5.10 Å². The summed E-state index contributed by atoms with van der Waals surface area (Å²) in [7, 11) is 0.459. The summed E-state index contributed by atoms with van der Waals surface area (Å²) in [5, 5.41) is 5.11. The molecule has 0 bridgehead atoms. The molecule has 0 fully saturated rings. The fourth-order valence-corrected chi connectivity index (χ4v) is 5.32. The first-order valence-corrected chi connectivity index (χ1v) is 17.4. The summed E-state index contributed by atoms with van der Waals surface area (Å²) in [5.41, 5.74) is 3.60. The molecule has 0 aliphatic carbocycles. The molecule has 0 saturated heterocycles. The first-order valence-electron chi connectivity index (χ1n) is 13.7. The lowest BCUT2D eigenvalue weighted by Gasteiger charge is -2.20. The number of ketones is 1. The number of benzene rings is 2. The van der Waals surface area contributed by atoms with Crippen LogP contribution < -0.4 is 4.74 Å². The van der Waals surface area contributed by atoms with Gasteiger partial charge in [0.25, 0.3) is 5.91 Å². The number of Topliss-reactive ketones (excluding diaryl/α,β-unsaturated/α-hetero) is 1. The highest BCUT2D eigenvalue weighted by molar-refractivity contribution is 6.76. The van der Waals surface area contributed by atoms with Crippen LogP contribution in [-0.4, -0.2) is 59.7 Å². The van der Waals surface area contributed by atoms with Crippen molar-refractivity contribution in [3.63, 3.8) is 0 Å². The van der Waals surface area contributed by atoms with Gasteiger partial charge < -0.3 is 14.4 Å². The molecule has 8 nitrogen and oxygen atoms in total. The van der Waals surface area contributed by atoms with Crippen LogP contribution in [0.1, 0.15) is 40.3 Å². The number of halogens is 1. The van der Waals surface area contributed by atoms with E-state index in [4.69, 9.17) is 9.47 Å². The van der Waals surface area contributed by atoms with Crippen LogP contribution in [0.3, 0.4) is 0 Å². The molecule has 0 saturated carbocycles. The number of hydrogen-bond acceptors (Lipinski definition) is 6. The zero-order chi connectivity index (χ0) is 29.7. The zero-order valence-corrected chi connectivity index (χ0v) is 25.5. The molecule has 0 atom stereocenters. The van der Waals surface area contributed by atoms with Crippen molar-refractivity contribution in [3.8, 4) is 16.9 Å². The minimum Gasteiger partial charge on any atom is -0.493 e. The van der Waals surface area contributed by atoms with E-state index in [1.807, 2.05) is 6.92 Å². The van der Waals surface area contributed by atoms with Gasteiger partial charge in [0.2, 0.25) is 0 Å². The summed E-state index contributed by atoms with van der Waals surface area (Å²) in [6.45, 7) is 11.7. The second-order valence-corrected chi connectivity index (χ2v) is 16.9. The van der Waals surface area contributed by atoms with Crippen LogP contribution in [-0.2, 0) is 18.0 Å². The fraction of sp³-hybridized carbons (Fsp3) is 0.355. The van der Waals surface area contributed by atoms with Crippen molar-refractivity contribution >= 4 is 30.7 Å². The van der Waals surface area contributed by atoms with Gasteiger partial charge in [-0.1, -0.05) is 31.8 Å². The summed E-state index contributed by atoms with van der Waals surface area (Å²) in [4.78, 5) is 31.8. The first-order chi connectivity index (χ1) is 19.5. The SMILES string of the molecule is CCOc1cc(C(=O)N(C)Cc2cnc(C(C)=O)c3cnn(COCC[Si](C)(C)C)c23)ccc1-c1cccc(F)c1. The molecule has 0 spiro atoms. The van der Waals surface area contributed by atoms with Crippen molar-refractivity contribution in [2.24, 2.45) is 0 Å². The molecule has 10 heteroatoms. The molecule has 2 heterocycles. The summed E-state index contributed by atoms with van der Waals surface area (Å²) in [5.74, 6) is -0.230. The van der Waals surface area contributed by atoms with Crippen LogP contribution >= 0.6 is 0 Å². The molecule has 2 aromatic carbocycles. The predicted octanol–water partition coefficient (Wildman–Crippen LogP) is 6.42. The van der Waals surface area contributed by atoms with Crippen molar-refractivity contribution in [2.75, 3.05) is 20.3 Å². The van der Waals surface area contributed by atoms with E-state index >= 15 is 0 Å². The summed E-state index contributed by atoms with van der Waals surface area (Å²) >= 11 is 0. The third-order valence-corrected chi connectivity index (χ3v) is 8.41. The van der Waals surface area contributed by atoms with E-state index in [-0.39, 0.29) is 30.8 Å². The van der Waals surface area contributed by atoms with Gasteiger partial charge in [0.1, 0.15) is 24.0 Å². The number of carbonyl (C=O) groups excluding carboxylic acids is 2. The molecule has 0 radical (unpaired) electrons. The average Bonchev–Trinajstić information content (AvgIpc) is 3.34. The molecule has 4 aromatic rings. The Kier molecular flexibility index (Phi) is 9.34. The van der Waals surface area contributed by atoms with Crippen molar-refractivity contribution in [1.29, 1.82) is 0 Å². The van der Waals surface area contributed by atoms with Crippen LogP contribution in [0.4, 0.5) is 4.39 Å². The van der Waals surface area contributed by atoms with Gasteiger partial charge in [-0.05, 0) is 48.9 Å². The van der Waals surface area contributed by atoms with Gasteiger partial charge >= 0.3 is 0 Å². The Labute approximate surface area is 241 Å². The minimum atomic E-state index is -1.25. The molecule has 2 aromatic heterocycles. The van der Waals surface area contributed by atoms with Crippen LogP contribution in [0.25, 0.3) is 22.0 Å². The van der Waals surface area contributed by atoms with Gasteiger partial charge in [-0.25, -0.2) is 9.07 Å². The lowest BCUT2D eigenvalue weighted by atomic mass is 10.0. The molecule has 0 aliphatic rings. The number of pyridine rings is 1. The molecular weight excluding hydrogens is 539 g/mol. The van der Waals surface area contributed by atoms with Gasteiger partial charge in [-0.15, -0.1) is 0 Å². The number of ether oxygens (including phenoxy) is 2. The normalized spacial score (nSPS) is 11.6. The topological polar surface area (TPSA) is 86.5 Å². The second kappa shape index (κ2) is 12.7. The Morgan fingerprint density at radius 2 is 1.88 bits per heavy atom. The van der Waals surface area contributed by atoms with E-state index in [0.717, 1.165) is 11.6 Å². The molecule has 1 amide bonds. The first kappa shape index (κ1) is 30.1. The monoisotopic (exact) mass is 576 g/mol. The number of rotatable bonds is 12. The number of hydrogen-bond donors (Lipinski definition) is 0. The highest BCUT2D eigenvalue weighted by atomic mass is 28.3. The van der Waals surface area contributed by atoms with E-state index in [2.05, 4.69) is 29.7 Å². The number of fused-ring (bicyclic) bond motifs is 1. The van der Waals surface area contributed by atoms with E-state index in [0.29, 0.717) is 52.3 Å². The van der Waals surface area contributed by atoms with Crippen molar-refractivity contribution in [3.05, 3.63) is 77.5 Å². The maximum absolute atomic E-state index is 13.9. The maximum Gasteiger partial charge on any atom is 0.254 e. The van der Waals surface area contributed by atoms with Gasteiger partial charge in [-0.3, -0.25) is 14.6 Å². The van der Waals surface area contributed by atoms with E-state index in [9.17, 15) is 14.0 Å². The van der Waals surface area contributed by atoms with Crippen LogP contribution in [0.5, 0.6) is 5.75 Å². The van der Waals surface area contributed by atoms with E-state index < -0.39 is 8.07 Å². The highest BCUT2D eigenvalue weighted by Gasteiger charge is 2.21. The van der Waals surface area contributed by atoms with E-state index in [1.54, 1.807) is 59.4 Å². The quantitative estimate of drug-likeness (QED) is 0.110. The number of aromatic nitrogens is 3. The number of nitrogens with zero attached hydrogens (tertiary/aromatic N) is 4. The Morgan fingerprint density at radius 3 is 2.56 bits per heavy atom. The van der Waals surface area contributed by atoms with Crippen LogP contribution in [0, 0.1) is 5.82 Å². The lowest BCUT2D eigenvalue weighted by molar-refractivity contribution is 0.0780. The molecular formula is C31H37FN4O4Si. The van der Waals surface area contributed by atoms with Crippen LogP contribution in [0.2, 0.25) is 25.7 Å².